The summed E-state index contributed by atoms with van der Waals surface area (Å²) in [6.45, 7) is 9.44. The van der Waals surface area contributed by atoms with Gasteiger partial charge in [0, 0.05) is 26.2 Å². The third-order valence-corrected chi connectivity index (χ3v) is 6.96. The fourth-order valence-corrected chi connectivity index (χ4v) is 5.31. The SMILES string of the molecule is Cc1nn(C)c2nc(N3CCC([C@H](C)N4CCCC4)CC3)sc12. The molecule has 0 radical (unpaired) electrons. The molecule has 23 heavy (non-hydrogen) atoms. The molecule has 0 aromatic carbocycles. The third-order valence-electron chi connectivity index (χ3n) is 5.74. The molecule has 0 saturated carbocycles. The van der Waals surface area contributed by atoms with Gasteiger partial charge >= 0.3 is 0 Å². The molecule has 2 aliphatic heterocycles. The number of hydrogen-bond acceptors (Lipinski definition) is 5. The molecule has 5 nitrogen and oxygen atoms in total. The lowest BCUT2D eigenvalue weighted by atomic mass is 9.89. The number of fused-ring (bicyclic) bond motifs is 1. The zero-order valence-corrected chi connectivity index (χ0v) is 15.3. The second-order valence-electron chi connectivity index (χ2n) is 7.17. The van der Waals surface area contributed by atoms with E-state index in [1.807, 2.05) is 23.1 Å². The minimum absolute atomic E-state index is 0.751. The molecule has 0 spiro atoms. The van der Waals surface area contributed by atoms with Gasteiger partial charge in [0.15, 0.2) is 10.8 Å². The summed E-state index contributed by atoms with van der Waals surface area (Å²) < 4.78 is 3.16. The first-order valence-corrected chi connectivity index (χ1v) is 9.74. The molecular weight excluding hydrogens is 306 g/mol. The lowest BCUT2D eigenvalue weighted by Crippen LogP contribution is -2.43. The van der Waals surface area contributed by atoms with Crippen LogP contribution in [0.5, 0.6) is 0 Å². The molecule has 2 saturated heterocycles. The molecule has 2 aromatic heterocycles. The lowest BCUT2D eigenvalue weighted by molar-refractivity contribution is 0.168. The van der Waals surface area contributed by atoms with Gasteiger partial charge in [-0.3, -0.25) is 0 Å². The Balaban J connectivity index is 1.43. The van der Waals surface area contributed by atoms with Crippen LogP contribution in [0.2, 0.25) is 0 Å². The van der Waals surface area contributed by atoms with E-state index in [1.165, 1.54) is 48.6 Å². The van der Waals surface area contributed by atoms with E-state index >= 15 is 0 Å². The first kappa shape index (κ1) is 15.4. The van der Waals surface area contributed by atoms with E-state index in [1.54, 1.807) is 0 Å². The predicted molar refractivity (Wildman–Crippen MR) is 96.3 cm³/mol. The quantitative estimate of drug-likeness (QED) is 0.865. The van der Waals surface area contributed by atoms with Crippen LogP contribution < -0.4 is 4.90 Å². The van der Waals surface area contributed by atoms with E-state index in [0.29, 0.717) is 0 Å². The minimum atomic E-state index is 0.751. The number of nitrogens with zero attached hydrogens (tertiary/aromatic N) is 5. The van der Waals surface area contributed by atoms with Crippen molar-refractivity contribution >= 4 is 26.8 Å². The fourth-order valence-electron chi connectivity index (χ4n) is 4.23. The van der Waals surface area contributed by atoms with Gasteiger partial charge in [0.25, 0.3) is 0 Å². The Hall–Kier alpha value is -1.14. The summed E-state index contributed by atoms with van der Waals surface area (Å²) in [4.78, 5) is 10.0. The number of rotatable bonds is 3. The first-order valence-electron chi connectivity index (χ1n) is 8.92. The Labute approximate surface area is 142 Å². The maximum absolute atomic E-state index is 4.84. The number of aromatic nitrogens is 3. The van der Waals surface area contributed by atoms with Gasteiger partial charge in [-0.1, -0.05) is 11.3 Å². The predicted octanol–water partition coefficient (Wildman–Crippen LogP) is 3.04. The molecule has 0 unspecified atom stereocenters. The molecule has 2 aromatic rings. The first-order chi connectivity index (χ1) is 11.1. The fraction of sp³-hybridized carbons (Fsp3) is 0.765. The van der Waals surface area contributed by atoms with Crippen molar-refractivity contribution in [2.24, 2.45) is 13.0 Å². The molecular formula is C17H27N5S. The topological polar surface area (TPSA) is 37.2 Å². The van der Waals surface area contributed by atoms with Crippen LogP contribution in [0.25, 0.3) is 10.3 Å². The van der Waals surface area contributed by atoms with E-state index in [0.717, 1.165) is 36.4 Å². The van der Waals surface area contributed by atoms with Crippen LogP contribution in [0.4, 0.5) is 5.13 Å². The Kier molecular flexibility index (Phi) is 4.05. The van der Waals surface area contributed by atoms with E-state index in [-0.39, 0.29) is 0 Å². The number of anilines is 1. The van der Waals surface area contributed by atoms with Crippen LogP contribution in [0.3, 0.4) is 0 Å². The summed E-state index contributed by atoms with van der Waals surface area (Å²) >= 11 is 1.81. The van der Waals surface area contributed by atoms with Crippen LogP contribution in [0.15, 0.2) is 0 Å². The van der Waals surface area contributed by atoms with Gasteiger partial charge in [0.05, 0.1) is 10.4 Å². The Morgan fingerprint density at radius 3 is 2.48 bits per heavy atom. The van der Waals surface area contributed by atoms with Gasteiger partial charge in [0.1, 0.15) is 0 Å². The van der Waals surface area contributed by atoms with Gasteiger partial charge in [0.2, 0.25) is 0 Å². The largest absolute Gasteiger partial charge is 0.348 e. The number of piperidine rings is 1. The number of thiazole rings is 1. The van der Waals surface area contributed by atoms with E-state index in [4.69, 9.17) is 4.98 Å². The van der Waals surface area contributed by atoms with Crippen molar-refractivity contribution in [2.45, 2.75) is 45.6 Å². The third kappa shape index (κ3) is 2.76. The van der Waals surface area contributed by atoms with Crippen molar-refractivity contribution in [3.63, 3.8) is 0 Å². The number of likely N-dealkylation sites (tertiary alicyclic amines) is 1. The van der Waals surface area contributed by atoms with E-state index < -0.39 is 0 Å². The highest BCUT2D eigenvalue weighted by molar-refractivity contribution is 7.22. The van der Waals surface area contributed by atoms with Crippen LogP contribution in [-0.4, -0.2) is 51.9 Å². The summed E-state index contributed by atoms with van der Waals surface area (Å²) in [6.07, 6.45) is 5.38. The number of aryl methyl sites for hydroxylation is 2. The van der Waals surface area contributed by atoms with E-state index in [2.05, 4.69) is 28.7 Å². The Morgan fingerprint density at radius 2 is 1.83 bits per heavy atom. The number of hydrogen-bond donors (Lipinski definition) is 0. The molecule has 0 aliphatic carbocycles. The summed E-state index contributed by atoms with van der Waals surface area (Å²) in [7, 11) is 1.99. The molecule has 2 fully saturated rings. The highest BCUT2D eigenvalue weighted by Crippen LogP contribution is 2.34. The lowest BCUT2D eigenvalue weighted by Gasteiger charge is -2.38. The maximum Gasteiger partial charge on any atom is 0.188 e. The van der Waals surface area contributed by atoms with Gasteiger partial charge in [-0.15, -0.1) is 0 Å². The molecule has 0 amide bonds. The van der Waals surface area contributed by atoms with Gasteiger partial charge in [-0.25, -0.2) is 9.67 Å². The Bertz CT molecular complexity index is 642. The van der Waals surface area contributed by atoms with Gasteiger partial charge in [-0.2, -0.15) is 5.10 Å². The van der Waals surface area contributed by atoms with E-state index in [9.17, 15) is 0 Å². The summed E-state index contributed by atoms with van der Waals surface area (Å²) in [5.74, 6) is 0.849. The van der Waals surface area contributed by atoms with Crippen molar-refractivity contribution in [1.29, 1.82) is 0 Å². The monoisotopic (exact) mass is 333 g/mol. The smallest absolute Gasteiger partial charge is 0.188 e. The van der Waals surface area contributed by atoms with Crippen LogP contribution in [0.1, 0.15) is 38.3 Å². The molecule has 1 atom stereocenters. The molecule has 4 heterocycles. The molecule has 126 valence electrons. The minimum Gasteiger partial charge on any atom is -0.348 e. The van der Waals surface area contributed by atoms with Crippen molar-refractivity contribution in [3.05, 3.63) is 5.69 Å². The highest BCUT2D eigenvalue weighted by atomic mass is 32.1. The van der Waals surface area contributed by atoms with Crippen molar-refractivity contribution in [3.8, 4) is 0 Å². The summed E-state index contributed by atoms with van der Waals surface area (Å²) in [6, 6.07) is 0.751. The van der Waals surface area contributed by atoms with Crippen LogP contribution >= 0.6 is 11.3 Å². The Morgan fingerprint density at radius 1 is 1.13 bits per heavy atom. The summed E-state index contributed by atoms with van der Waals surface area (Å²) in [5, 5.41) is 5.64. The summed E-state index contributed by atoms with van der Waals surface area (Å²) in [5.41, 5.74) is 2.14. The van der Waals surface area contributed by atoms with Gasteiger partial charge in [-0.05, 0) is 58.5 Å². The average Bonchev–Trinajstić information content (AvgIpc) is 3.27. The second-order valence-corrected chi connectivity index (χ2v) is 8.14. The zero-order chi connectivity index (χ0) is 16.0. The zero-order valence-electron chi connectivity index (χ0n) is 14.5. The van der Waals surface area contributed by atoms with Crippen LogP contribution in [-0.2, 0) is 7.05 Å². The standard InChI is InChI=1S/C17H27N5S/c1-12-15-16(20(3)19-12)18-17(23-15)22-10-6-14(7-11-22)13(2)21-8-4-5-9-21/h13-14H,4-11H2,1-3H3/t13-/m0/s1. The molecule has 6 heteroatoms. The maximum atomic E-state index is 4.84. The van der Waals surface area contributed by atoms with Crippen LogP contribution in [0, 0.1) is 12.8 Å². The normalized spacial score (nSPS) is 22.3. The molecule has 2 aliphatic rings. The van der Waals surface area contributed by atoms with Crippen molar-refractivity contribution < 1.29 is 0 Å². The molecule has 0 N–H and O–H groups in total. The second kappa shape index (κ2) is 6.06. The average molecular weight is 334 g/mol. The van der Waals surface area contributed by atoms with Crippen molar-refractivity contribution in [2.75, 3.05) is 31.1 Å². The van der Waals surface area contributed by atoms with Crippen molar-refractivity contribution in [1.82, 2.24) is 19.7 Å². The highest BCUT2D eigenvalue weighted by Gasteiger charge is 2.30. The molecule has 0 bridgehead atoms. The van der Waals surface area contributed by atoms with Gasteiger partial charge < -0.3 is 9.80 Å². The molecule has 4 rings (SSSR count).